The summed E-state index contributed by atoms with van der Waals surface area (Å²) in [4.78, 5) is 9.91. The Bertz CT molecular complexity index is 512. The molecule has 0 fully saturated rings. The van der Waals surface area contributed by atoms with Crippen LogP contribution in [0.1, 0.15) is 6.92 Å². The Labute approximate surface area is 105 Å². The van der Waals surface area contributed by atoms with Gasteiger partial charge in [-0.3, -0.25) is 10.1 Å². The molecule has 0 aliphatic heterocycles. The van der Waals surface area contributed by atoms with Crippen LogP contribution in [0.5, 0.6) is 5.75 Å². The van der Waals surface area contributed by atoms with Gasteiger partial charge in [-0.15, -0.1) is 0 Å². The highest BCUT2D eigenvalue weighted by Crippen LogP contribution is 2.17. The van der Waals surface area contributed by atoms with E-state index in [-0.39, 0.29) is 24.0 Å². The summed E-state index contributed by atoms with van der Waals surface area (Å²) in [6, 6.07) is 5.56. The zero-order chi connectivity index (χ0) is 13.8. The van der Waals surface area contributed by atoms with Gasteiger partial charge in [-0.1, -0.05) is 6.92 Å². The summed E-state index contributed by atoms with van der Waals surface area (Å²) in [5.74, 6) is 0.0250. The molecule has 1 atom stereocenters. The van der Waals surface area contributed by atoms with E-state index in [0.29, 0.717) is 5.75 Å². The van der Waals surface area contributed by atoms with Gasteiger partial charge in [0.1, 0.15) is 5.75 Å². The van der Waals surface area contributed by atoms with E-state index in [1.165, 1.54) is 24.3 Å². The van der Waals surface area contributed by atoms with E-state index < -0.39 is 14.9 Å². The van der Waals surface area contributed by atoms with Crippen LogP contribution in [0.15, 0.2) is 24.3 Å². The number of nitrogens with zero attached hydrogens (tertiary/aromatic N) is 1. The number of nitrogens with two attached hydrogens (primary N) is 1. The lowest BCUT2D eigenvalue weighted by atomic mass is 10.2. The predicted octanol–water partition coefficient (Wildman–Crippen LogP) is 0.898. The van der Waals surface area contributed by atoms with E-state index in [1.807, 2.05) is 0 Å². The number of nitro benzene ring substituents is 1. The van der Waals surface area contributed by atoms with Crippen LogP contribution in [0.25, 0.3) is 0 Å². The van der Waals surface area contributed by atoms with Gasteiger partial charge in [0.25, 0.3) is 5.69 Å². The Hall–Kier alpha value is -1.67. The molecule has 1 unspecified atom stereocenters. The van der Waals surface area contributed by atoms with Crippen LogP contribution < -0.4 is 9.88 Å². The van der Waals surface area contributed by atoms with E-state index >= 15 is 0 Å². The van der Waals surface area contributed by atoms with E-state index in [9.17, 15) is 18.5 Å². The van der Waals surface area contributed by atoms with E-state index in [0.717, 1.165) is 0 Å². The maximum atomic E-state index is 10.8. The maximum Gasteiger partial charge on any atom is 0.269 e. The number of benzene rings is 1. The minimum Gasteiger partial charge on any atom is -0.493 e. The summed E-state index contributed by atoms with van der Waals surface area (Å²) in [6.45, 7) is 1.87. The van der Waals surface area contributed by atoms with Crippen LogP contribution in [-0.4, -0.2) is 25.7 Å². The first-order chi connectivity index (χ1) is 8.28. The third-order valence-electron chi connectivity index (χ3n) is 2.10. The summed E-state index contributed by atoms with van der Waals surface area (Å²) in [7, 11) is -3.52. The molecule has 7 nitrogen and oxygen atoms in total. The number of rotatable bonds is 6. The van der Waals surface area contributed by atoms with Crippen molar-refractivity contribution in [1.82, 2.24) is 0 Å². The molecule has 1 aromatic carbocycles. The zero-order valence-corrected chi connectivity index (χ0v) is 10.6. The number of nitro groups is 1. The summed E-state index contributed by atoms with van der Waals surface area (Å²) in [5, 5.41) is 15.3. The molecule has 0 aliphatic rings. The van der Waals surface area contributed by atoms with E-state index in [2.05, 4.69) is 0 Å². The quantitative estimate of drug-likeness (QED) is 0.611. The normalized spacial score (nSPS) is 13.0. The molecule has 0 spiro atoms. The average molecular weight is 274 g/mol. The minimum absolute atomic E-state index is 0.0278. The molecular weight excluding hydrogens is 260 g/mol. The topological polar surface area (TPSA) is 113 Å². The number of primary sulfonamides is 1. The second-order valence-corrected chi connectivity index (χ2v) is 5.66. The van der Waals surface area contributed by atoms with Crippen molar-refractivity contribution in [3.63, 3.8) is 0 Å². The number of hydrogen-bond acceptors (Lipinski definition) is 5. The van der Waals surface area contributed by atoms with Crippen LogP contribution in [0.4, 0.5) is 5.69 Å². The SMILES string of the molecule is CC(COc1ccc([N+](=O)[O-])cc1)CS(N)(=O)=O. The monoisotopic (exact) mass is 274 g/mol. The third-order valence-corrected chi connectivity index (χ3v) is 3.13. The number of non-ortho nitro benzene ring substituents is 1. The number of sulfonamides is 1. The molecule has 0 saturated heterocycles. The van der Waals surface area contributed by atoms with Crippen molar-refractivity contribution in [2.75, 3.05) is 12.4 Å². The molecule has 0 amide bonds. The zero-order valence-electron chi connectivity index (χ0n) is 9.78. The molecule has 0 bridgehead atoms. The van der Waals surface area contributed by atoms with Gasteiger partial charge in [-0.05, 0) is 12.1 Å². The van der Waals surface area contributed by atoms with Gasteiger partial charge in [0, 0.05) is 18.1 Å². The fourth-order valence-electron chi connectivity index (χ4n) is 1.35. The van der Waals surface area contributed by atoms with Crippen molar-refractivity contribution in [2.24, 2.45) is 11.1 Å². The molecule has 1 rings (SSSR count). The van der Waals surface area contributed by atoms with Crippen LogP contribution >= 0.6 is 0 Å². The highest BCUT2D eigenvalue weighted by Gasteiger charge is 2.12. The fourth-order valence-corrected chi connectivity index (χ4v) is 2.24. The van der Waals surface area contributed by atoms with Crippen LogP contribution in [0.2, 0.25) is 0 Å². The van der Waals surface area contributed by atoms with Gasteiger partial charge in [-0.2, -0.15) is 0 Å². The van der Waals surface area contributed by atoms with Crippen molar-refractivity contribution < 1.29 is 18.1 Å². The smallest absolute Gasteiger partial charge is 0.269 e. The predicted molar refractivity (Wildman–Crippen MR) is 65.7 cm³/mol. The Morgan fingerprint density at radius 1 is 1.39 bits per heavy atom. The second kappa shape index (κ2) is 5.78. The van der Waals surface area contributed by atoms with Gasteiger partial charge < -0.3 is 4.74 Å². The van der Waals surface area contributed by atoms with Gasteiger partial charge in [0.05, 0.1) is 17.3 Å². The van der Waals surface area contributed by atoms with Crippen LogP contribution in [0.3, 0.4) is 0 Å². The molecule has 0 radical (unpaired) electrons. The van der Waals surface area contributed by atoms with E-state index in [1.54, 1.807) is 6.92 Å². The highest BCUT2D eigenvalue weighted by molar-refractivity contribution is 7.89. The van der Waals surface area contributed by atoms with Gasteiger partial charge in [0.15, 0.2) is 0 Å². The molecular formula is C10H14N2O5S. The fraction of sp³-hybridized carbons (Fsp3) is 0.400. The standard InChI is InChI=1S/C10H14N2O5S/c1-8(7-18(11,15)16)6-17-10-4-2-9(3-5-10)12(13)14/h2-5,8H,6-7H2,1H3,(H2,11,15,16). The van der Waals surface area contributed by atoms with Gasteiger partial charge in [0.2, 0.25) is 10.0 Å². The summed E-state index contributed by atoms with van der Waals surface area (Å²) in [5.41, 5.74) is -0.0278. The highest BCUT2D eigenvalue weighted by atomic mass is 32.2. The first-order valence-corrected chi connectivity index (χ1v) is 6.87. The average Bonchev–Trinajstić information content (AvgIpc) is 2.24. The number of ether oxygens (including phenoxy) is 1. The number of hydrogen-bond donors (Lipinski definition) is 1. The summed E-state index contributed by atoms with van der Waals surface area (Å²) >= 11 is 0. The molecule has 0 saturated carbocycles. The van der Waals surface area contributed by atoms with E-state index in [4.69, 9.17) is 9.88 Å². The first kappa shape index (κ1) is 14.4. The molecule has 0 aliphatic carbocycles. The van der Waals surface area contributed by atoms with Crippen LogP contribution in [-0.2, 0) is 10.0 Å². The van der Waals surface area contributed by atoms with Gasteiger partial charge in [-0.25, -0.2) is 13.6 Å². The van der Waals surface area contributed by atoms with Crippen molar-refractivity contribution in [1.29, 1.82) is 0 Å². The van der Waals surface area contributed by atoms with Crippen molar-refractivity contribution in [2.45, 2.75) is 6.92 Å². The van der Waals surface area contributed by atoms with Gasteiger partial charge >= 0.3 is 0 Å². The molecule has 0 heterocycles. The van der Waals surface area contributed by atoms with Crippen molar-refractivity contribution in [3.05, 3.63) is 34.4 Å². The molecule has 1 aromatic rings. The van der Waals surface area contributed by atoms with Crippen molar-refractivity contribution >= 4 is 15.7 Å². The maximum absolute atomic E-state index is 10.8. The second-order valence-electron chi connectivity index (χ2n) is 4.00. The third kappa shape index (κ3) is 5.11. The Kier molecular flexibility index (Phi) is 4.62. The molecule has 18 heavy (non-hydrogen) atoms. The molecule has 8 heteroatoms. The lowest BCUT2D eigenvalue weighted by Gasteiger charge is -2.11. The summed E-state index contributed by atoms with van der Waals surface area (Å²) < 4.78 is 26.9. The summed E-state index contributed by atoms with van der Waals surface area (Å²) in [6.07, 6.45) is 0. The lowest BCUT2D eigenvalue weighted by Crippen LogP contribution is -2.25. The molecule has 100 valence electrons. The Balaban J connectivity index is 2.51. The van der Waals surface area contributed by atoms with Crippen LogP contribution in [0, 0.1) is 16.0 Å². The molecule has 2 N–H and O–H groups in total. The minimum atomic E-state index is -3.52. The van der Waals surface area contributed by atoms with Crippen molar-refractivity contribution in [3.8, 4) is 5.75 Å². The molecule has 0 aromatic heterocycles. The lowest BCUT2D eigenvalue weighted by molar-refractivity contribution is -0.384. The first-order valence-electron chi connectivity index (χ1n) is 5.15. The largest absolute Gasteiger partial charge is 0.493 e. The Morgan fingerprint density at radius 2 is 1.94 bits per heavy atom. The Morgan fingerprint density at radius 3 is 2.39 bits per heavy atom.